The number of carbonyl (C=O) groups is 1. The first-order chi connectivity index (χ1) is 6.18. The molecule has 0 radical (unpaired) electrons. The molecule has 2 rings (SSSR count). The van der Waals surface area contributed by atoms with Crippen molar-refractivity contribution >= 4 is 21.7 Å². The van der Waals surface area contributed by atoms with Crippen molar-refractivity contribution in [1.29, 1.82) is 0 Å². The van der Waals surface area contributed by atoms with Crippen LogP contribution in [-0.4, -0.2) is 5.78 Å². The summed E-state index contributed by atoms with van der Waals surface area (Å²) in [6.45, 7) is 2.06. The molecule has 2 heteroatoms. The minimum Gasteiger partial charge on any atom is -0.294 e. The molecule has 13 heavy (non-hydrogen) atoms. The van der Waals surface area contributed by atoms with E-state index in [-0.39, 0.29) is 5.78 Å². The summed E-state index contributed by atoms with van der Waals surface area (Å²) >= 11 is 3.45. The van der Waals surface area contributed by atoms with Crippen molar-refractivity contribution in [2.75, 3.05) is 0 Å². The molecule has 0 amide bonds. The number of halogens is 1. The van der Waals surface area contributed by atoms with Crippen LogP contribution in [0.3, 0.4) is 0 Å². The summed E-state index contributed by atoms with van der Waals surface area (Å²) in [6.07, 6.45) is 2.75. The Labute approximate surface area is 86.3 Å². The zero-order valence-corrected chi connectivity index (χ0v) is 9.15. The number of rotatable bonds is 0. The average Bonchev–Trinajstić information content (AvgIpc) is 2.02. The highest BCUT2D eigenvalue weighted by Gasteiger charge is 2.19. The minimum absolute atomic E-state index is 0.285. The third-order valence-electron chi connectivity index (χ3n) is 2.45. The monoisotopic (exact) mass is 238 g/mol. The highest BCUT2D eigenvalue weighted by molar-refractivity contribution is 9.10. The number of carbonyl (C=O) groups excluding carboxylic acids is 1. The Morgan fingerprint density at radius 1 is 1.31 bits per heavy atom. The number of benzene rings is 1. The fourth-order valence-corrected chi connectivity index (χ4v) is 2.72. The fourth-order valence-electron chi connectivity index (χ4n) is 1.89. The maximum atomic E-state index is 11.6. The topological polar surface area (TPSA) is 17.1 Å². The second-order valence-electron chi connectivity index (χ2n) is 3.56. The second-order valence-corrected chi connectivity index (χ2v) is 4.41. The number of ketones is 1. The summed E-state index contributed by atoms with van der Waals surface area (Å²) < 4.78 is 0.965. The van der Waals surface area contributed by atoms with Crippen LogP contribution in [0.4, 0.5) is 0 Å². The molecule has 0 saturated heterocycles. The van der Waals surface area contributed by atoms with Gasteiger partial charge >= 0.3 is 0 Å². The number of aryl methyl sites for hydroxylation is 2. The van der Waals surface area contributed by atoms with Gasteiger partial charge < -0.3 is 0 Å². The van der Waals surface area contributed by atoms with Crippen LogP contribution in [0, 0.1) is 6.92 Å². The van der Waals surface area contributed by atoms with Gasteiger partial charge in [-0.15, -0.1) is 0 Å². The lowest BCUT2D eigenvalue weighted by molar-refractivity contribution is 0.0971. The summed E-state index contributed by atoms with van der Waals surface area (Å²) in [5.41, 5.74) is 3.35. The predicted molar refractivity (Wildman–Crippen MR) is 56.1 cm³/mol. The van der Waals surface area contributed by atoms with Crippen molar-refractivity contribution < 1.29 is 4.79 Å². The Kier molecular flexibility index (Phi) is 2.24. The third kappa shape index (κ3) is 1.55. The summed E-state index contributed by atoms with van der Waals surface area (Å²) in [5, 5.41) is 0. The highest BCUT2D eigenvalue weighted by Crippen LogP contribution is 2.29. The van der Waals surface area contributed by atoms with Gasteiger partial charge in [0.05, 0.1) is 0 Å². The lowest BCUT2D eigenvalue weighted by Gasteiger charge is -2.16. The van der Waals surface area contributed by atoms with E-state index in [1.54, 1.807) is 0 Å². The van der Waals surface area contributed by atoms with Gasteiger partial charge in [-0.3, -0.25) is 4.79 Å². The normalized spacial score (nSPS) is 15.7. The van der Waals surface area contributed by atoms with Crippen LogP contribution < -0.4 is 0 Å². The van der Waals surface area contributed by atoms with Crippen molar-refractivity contribution in [2.24, 2.45) is 0 Å². The molecule has 0 heterocycles. The van der Waals surface area contributed by atoms with Gasteiger partial charge in [0.1, 0.15) is 0 Å². The summed E-state index contributed by atoms with van der Waals surface area (Å²) in [6, 6.07) is 4.14. The van der Waals surface area contributed by atoms with E-state index in [1.165, 1.54) is 11.1 Å². The zero-order valence-electron chi connectivity index (χ0n) is 7.56. The first kappa shape index (κ1) is 8.95. The van der Waals surface area contributed by atoms with Crippen molar-refractivity contribution in [3.8, 4) is 0 Å². The fraction of sp³-hybridized carbons (Fsp3) is 0.364. The first-order valence-electron chi connectivity index (χ1n) is 4.50. The molecule has 1 nitrogen and oxygen atoms in total. The molecule has 0 aromatic heterocycles. The van der Waals surface area contributed by atoms with Gasteiger partial charge in [0.2, 0.25) is 0 Å². The van der Waals surface area contributed by atoms with Crippen LogP contribution in [0.25, 0.3) is 0 Å². The van der Waals surface area contributed by atoms with Crippen LogP contribution in [0.1, 0.15) is 34.3 Å². The van der Waals surface area contributed by atoms with Crippen molar-refractivity contribution in [3.63, 3.8) is 0 Å². The quantitative estimate of drug-likeness (QED) is 0.679. The second kappa shape index (κ2) is 3.26. The van der Waals surface area contributed by atoms with E-state index >= 15 is 0 Å². The van der Waals surface area contributed by atoms with Gasteiger partial charge in [-0.25, -0.2) is 0 Å². The molecular weight excluding hydrogens is 228 g/mol. The van der Waals surface area contributed by atoms with Crippen LogP contribution in [-0.2, 0) is 6.42 Å². The van der Waals surface area contributed by atoms with E-state index < -0.39 is 0 Å². The molecule has 1 aromatic carbocycles. The van der Waals surface area contributed by atoms with E-state index in [0.29, 0.717) is 6.42 Å². The Balaban J connectivity index is 2.63. The van der Waals surface area contributed by atoms with Gasteiger partial charge in [0.25, 0.3) is 0 Å². The number of hydrogen-bond acceptors (Lipinski definition) is 1. The number of hydrogen-bond donors (Lipinski definition) is 0. The lowest BCUT2D eigenvalue weighted by Crippen LogP contribution is -2.11. The summed E-state index contributed by atoms with van der Waals surface area (Å²) in [7, 11) is 0. The molecular formula is C11H11BrO. The Morgan fingerprint density at radius 2 is 2.08 bits per heavy atom. The molecule has 0 saturated carbocycles. The molecule has 0 atom stereocenters. The van der Waals surface area contributed by atoms with Gasteiger partial charge in [0, 0.05) is 16.5 Å². The smallest absolute Gasteiger partial charge is 0.164 e. The number of fused-ring (bicyclic) bond motifs is 1. The van der Waals surface area contributed by atoms with Crippen LogP contribution >= 0.6 is 15.9 Å². The summed E-state index contributed by atoms with van der Waals surface area (Å²) in [5.74, 6) is 0.285. The molecule has 1 aliphatic rings. The van der Waals surface area contributed by atoms with Crippen molar-refractivity contribution in [1.82, 2.24) is 0 Å². The first-order valence-corrected chi connectivity index (χ1v) is 5.30. The molecule has 0 fully saturated rings. The van der Waals surface area contributed by atoms with E-state index in [9.17, 15) is 4.79 Å². The molecule has 0 unspecified atom stereocenters. The Bertz CT molecular complexity index is 369. The highest BCUT2D eigenvalue weighted by atomic mass is 79.9. The van der Waals surface area contributed by atoms with Gasteiger partial charge in [-0.05, 0) is 37.0 Å². The third-order valence-corrected chi connectivity index (χ3v) is 3.07. The maximum Gasteiger partial charge on any atom is 0.164 e. The molecule has 0 spiro atoms. The van der Waals surface area contributed by atoms with Crippen LogP contribution in [0.2, 0.25) is 0 Å². The molecule has 0 bridgehead atoms. The molecule has 1 aromatic rings. The Morgan fingerprint density at radius 3 is 2.85 bits per heavy atom. The summed E-state index contributed by atoms with van der Waals surface area (Å²) in [4.78, 5) is 11.6. The average molecular weight is 239 g/mol. The minimum atomic E-state index is 0.285. The predicted octanol–water partition coefficient (Wildman–Crippen LogP) is 3.28. The lowest BCUT2D eigenvalue weighted by atomic mass is 9.90. The van der Waals surface area contributed by atoms with Gasteiger partial charge in [-0.2, -0.15) is 0 Å². The zero-order chi connectivity index (χ0) is 9.42. The van der Waals surface area contributed by atoms with Crippen LogP contribution in [0.5, 0.6) is 0 Å². The van der Waals surface area contributed by atoms with Crippen molar-refractivity contribution in [3.05, 3.63) is 33.3 Å². The molecule has 1 aliphatic carbocycles. The number of Topliss-reactive ketones (excluding diaryl/α,β-unsaturated/α-hetero) is 1. The maximum absolute atomic E-state index is 11.6. The molecule has 0 N–H and O–H groups in total. The Hall–Kier alpha value is -0.630. The molecule has 68 valence electrons. The van der Waals surface area contributed by atoms with E-state index in [1.807, 2.05) is 6.07 Å². The largest absolute Gasteiger partial charge is 0.294 e. The van der Waals surface area contributed by atoms with Gasteiger partial charge in [-0.1, -0.05) is 22.0 Å². The van der Waals surface area contributed by atoms with E-state index in [2.05, 4.69) is 28.9 Å². The molecule has 0 aliphatic heterocycles. The van der Waals surface area contributed by atoms with Crippen LogP contribution in [0.15, 0.2) is 16.6 Å². The van der Waals surface area contributed by atoms with Crippen molar-refractivity contribution in [2.45, 2.75) is 26.2 Å². The standard InChI is InChI=1S/C11H11BrO/c1-7-5-8-3-2-4-10(13)11(8)9(12)6-7/h5-6H,2-4H2,1H3. The van der Waals surface area contributed by atoms with Gasteiger partial charge in [0.15, 0.2) is 5.78 Å². The SMILES string of the molecule is Cc1cc(Br)c2c(c1)CCCC2=O. The van der Waals surface area contributed by atoms with E-state index in [0.717, 1.165) is 22.9 Å². The van der Waals surface area contributed by atoms with E-state index in [4.69, 9.17) is 0 Å².